The third-order valence-corrected chi connectivity index (χ3v) is 3.86. The molecular weight excluding hydrogens is 304 g/mol. The molecule has 0 fully saturated rings. The molecule has 5 nitrogen and oxygen atoms in total. The van der Waals surface area contributed by atoms with Crippen LogP contribution in [0.5, 0.6) is 0 Å². The summed E-state index contributed by atoms with van der Waals surface area (Å²) >= 11 is 0. The Morgan fingerprint density at radius 3 is 2.50 bits per heavy atom. The highest BCUT2D eigenvalue weighted by Crippen LogP contribution is 2.12. The van der Waals surface area contributed by atoms with Gasteiger partial charge < -0.3 is 9.84 Å². The van der Waals surface area contributed by atoms with Crippen LogP contribution in [0.25, 0.3) is 10.8 Å². The van der Waals surface area contributed by atoms with Crippen LogP contribution >= 0.6 is 0 Å². The molecule has 0 saturated heterocycles. The highest BCUT2D eigenvalue weighted by Gasteiger charge is 2.11. The number of aliphatic hydroxyl groups excluding tert-OH is 1. The summed E-state index contributed by atoms with van der Waals surface area (Å²) < 4.78 is 6.83. The van der Waals surface area contributed by atoms with Crippen molar-refractivity contribution in [3.63, 3.8) is 0 Å². The van der Waals surface area contributed by atoms with E-state index < -0.39 is 6.10 Å². The van der Waals surface area contributed by atoms with Crippen molar-refractivity contribution in [2.45, 2.75) is 26.2 Å². The third-order valence-electron chi connectivity index (χ3n) is 3.86. The Morgan fingerprint density at radius 1 is 1.08 bits per heavy atom. The first kappa shape index (κ1) is 16.4. The fourth-order valence-electron chi connectivity index (χ4n) is 2.67. The molecule has 0 aliphatic carbocycles. The van der Waals surface area contributed by atoms with Gasteiger partial charge in [0, 0.05) is 5.39 Å². The molecule has 3 rings (SSSR count). The predicted molar refractivity (Wildman–Crippen MR) is 92.8 cm³/mol. The van der Waals surface area contributed by atoms with Gasteiger partial charge in [0.2, 0.25) is 0 Å². The summed E-state index contributed by atoms with van der Waals surface area (Å²) in [4.78, 5) is 12.5. The van der Waals surface area contributed by atoms with Crippen LogP contribution in [0.4, 0.5) is 0 Å². The molecule has 0 aliphatic heterocycles. The molecule has 1 N–H and O–H groups in total. The summed E-state index contributed by atoms with van der Waals surface area (Å²) in [6, 6.07) is 17.1. The molecule has 0 radical (unpaired) electrons. The second-order valence-corrected chi connectivity index (χ2v) is 5.77. The van der Waals surface area contributed by atoms with Crippen LogP contribution in [0.3, 0.4) is 0 Å². The molecular formula is C19H20N2O3. The van der Waals surface area contributed by atoms with Crippen molar-refractivity contribution < 1.29 is 9.84 Å². The maximum atomic E-state index is 12.5. The van der Waals surface area contributed by atoms with Gasteiger partial charge in [0.05, 0.1) is 36.9 Å². The summed E-state index contributed by atoms with van der Waals surface area (Å²) in [5.41, 5.74) is 1.61. The summed E-state index contributed by atoms with van der Waals surface area (Å²) in [7, 11) is 0. The van der Waals surface area contributed by atoms with Crippen molar-refractivity contribution in [2.24, 2.45) is 0 Å². The third kappa shape index (κ3) is 3.69. The largest absolute Gasteiger partial charge is 0.389 e. The van der Waals surface area contributed by atoms with Crippen molar-refractivity contribution in [1.82, 2.24) is 9.78 Å². The Labute approximate surface area is 140 Å². The lowest BCUT2D eigenvalue weighted by molar-refractivity contribution is 0.0180. The van der Waals surface area contributed by atoms with Crippen molar-refractivity contribution in [2.75, 3.05) is 6.61 Å². The summed E-state index contributed by atoms with van der Waals surface area (Å²) in [6.07, 6.45) is -0.792. The smallest absolute Gasteiger partial charge is 0.274 e. The lowest BCUT2D eigenvalue weighted by atomic mass is 10.1. The topological polar surface area (TPSA) is 64.3 Å². The molecule has 24 heavy (non-hydrogen) atoms. The number of aliphatic hydroxyl groups is 1. The van der Waals surface area contributed by atoms with E-state index in [4.69, 9.17) is 4.74 Å². The first-order chi connectivity index (χ1) is 11.6. The van der Waals surface area contributed by atoms with Crippen LogP contribution in [0.1, 0.15) is 11.3 Å². The van der Waals surface area contributed by atoms with Crippen molar-refractivity contribution >= 4 is 10.8 Å². The van der Waals surface area contributed by atoms with Gasteiger partial charge in [-0.2, -0.15) is 5.10 Å². The second kappa shape index (κ2) is 7.38. The molecule has 1 atom stereocenters. The van der Waals surface area contributed by atoms with Gasteiger partial charge in [0.15, 0.2) is 0 Å². The zero-order valence-corrected chi connectivity index (χ0v) is 13.6. The Morgan fingerprint density at radius 2 is 1.75 bits per heavy atom. The number of rotatable bonds is 6. The van der Waals surface area contributed by atoms with Gasteiger partial charge in [-0.1, -0.05) is 48.5 Å². The quantitative estimate of drug-likeness (QED) is 0.755. The van der Waals surface area contributed by atoms with Crippen LogP contribution in [0.2, 0.25) is 0 Å². The number of aryl methyl sites for hydroxylation is 1. The number of benzene rings is 2. The van der Waals surface area contributed by atoms with Gasteiger partial charge in [-0.05, 0) is 18.6 Å². The predicted octanol–water partition coefficient (Wildman–Crippen LogP) is 2.28. The molecule has 2 aromatic carbocycles. The number of aromatic nitrogens is 2. The maximum absolute atomic E-state index is 12.5. The Balaban J connectivity index is 1.66. The van der Waals surface area contributed by atoms with Gasteiger partial charge in [0.1, 0.15) is 0 Å². The van der Waals surface area contributed by atoms with E-state index in [0.29, 0.717) is 12.0 Å². The lowest BCUT2D eigenvalue weighted by Crippen LogP contribution is -2.31. The van der Waals surface area contributed by atoms with Crippen LogP contribution < -0.4 is 5.56 Å². The Bertz CT molecular complexity index is 875. The molecule has 0 spiro atoms. The summed E-state index contributed by atoms with van der Waals surface area (Å²) in [6.45, 7) is 2.54. The molecule has 3 aromatic rings. The number of ether oxygens (including phenoxy) is 1. The van der Waals surface area contributed by atoms with Gasteiger partial charge in [-0.25, -0.2) is 4.68 Å². The maximum Gasteiger partial charge on any atom is 0.274 e. The van der Waals surface area contributed by atoms with Crippen molar-refractivity contribution in [3.05, 3.63) is 76.2 Å². The molecule has 5 heteroatoms. The average molecular weight is 324 g/mol. The van der Waals surface area contributed by atoms with Gasteiger partial charge in [-0.3, -0.25) is 4.79 Å². The molecule has 0 amide bonds. The number of hydrogen-bond acceptors (Lipinski definition) is 4. The van der Waals surface area contributed by atoms with E-state index in [1.807, 2.05) is 55.5 Å². The standard InChI is InChI=1S/C19H20N2O3/c1-14-17-9-5-6-10-18(17)19(23)21(20-14)11-16(22)13-24-12-15-7-3-2-4-8-15/h2-10,16,22H,11-13H2,1H3/t16-/m0/s1. The van der Waals surface area contributed by atoms with E-state index >= 15 is 0 Å². The van der Waals surface area contributed by atoms with Crippen LogP contribution in [-0.2, 0) is 17.9 Å². The fourth-order valence-corrected chi connectivity index (χ4v) is 2.67. The van der Waals surface area contributed by atoms with E-state index in [2.05, 4.69) is 5.10 Å². The lowest BCUT2D eigenvalue weighted by Gasteiger charge is -2.14. The molecule has 0 saturated carbocycles. The fraction of sp³-hybridized carbons (Fsp3) is 0.263. The van der Waals surface area contributed by atoms with Crippen LogP contribution in [-0.4, -0.2) is 27.6 Å². The van der Waals surface area contributed by atoms with Crippen LogP contribution in [0.15, 0.2) is 59.4 Å². The first-order valence-electron chi connectivity index (χ1n) is 7.91. The number of fused-ring (bicyclic) bond motifs is 1. The molecule has 0 aliphatic rings. The Hall–Kier alpha value is -2.50. The minimum atomic E-state index is -0.792. The first-order valence-corrected chi connectivity index (χ1v) is 7.91. The van der Waals surface area contributed by atoms with Crippen LogP contribution in [0, 0.1) is 6.92 Å². The molecule has 1 aromatic heterocycles. The zero-order valence-electron chi connectivity index (χ0n) is 13.6. The number of hydrogen-bond donors (Lipinski definition) is 1. The number of nitrogens with zero attached hydrogens (tertiary/aromatic N) is 2. The normalized spacial score (nSPS) is 12.4. The second-order valence-electron chi connectivity index (χ2n) is 5.77. The van der Waals surface area contributed by atoms with E-state index in [1.165, 1.54) is 4.68 Å². The highest BCUT2D eigenvalue weighted by molar-refractivity contribution is 5.83. The van der Waals surface area contributed by atoms with Crippen molar-refractivity contribution in [1.29, 1.82) is 0 Å². The minimum Gasteiger partial charge on any atom is -0.389 e. The zero-order chi connectivity index (χ0) is 16.9. The van der Waals surface area contributed by atoms with Gasteiger partial charge >= 0.3 is 0 Å². The summed E-state index contributed by atoms with van der Waals surface area (Å²) in [5.74, 6) is 0. The van der Waals surface area contributed by atoms with Crippen molar-refractivity contribution in [3.8, 4) is 0 Å². The van der Waals surface area contributed by atoms with E-state index in [-0.39, 0.29) is 18.7 Å². The van der Waals surface area contributed by atoms with E-state index in [1.54, 1.807) is 6.07 Å². The molecule has 1 heterocycles. The molecule has 124 valence electrons. The SMILES string of the molecule is Cc1nn(C[C@H](O)COCc2ccccc2)c(=O)c2ccccc12. The Kier molecular flexibility index (Phi) is 5.03. The highest BCUT2D eigenvalue weighted by atomic mass is 16.5. The van der Waals surface area contributed by atoms with Gasteiger partial charge in [0.25, 0.3) is 5.56 Å². The summed E-state index contributed by atoms with van der Waals surface area (Å²) in [5, 5.41) is 15.9. The molecule has 0 unspecified atom stereocenters. The van der Waals surface area contributed by atoms with E-state index in [9.17, 15) is 9.90 Å². The molecule has 0 bridgehead atoms. The van der Waals surface area contributed by atoms with Gasteiger partial charge in [-0.15, -0.1) is 0 Å². The van der Waals surface area contributed by atoms with E-state index in [0.717, 1.165) is 16.6 Å². The monoisotopic (exact) mass is 324 g/mol. The minimum absolute atomic E-state index is 0.110. The average Bonchev–Trinajstić information content (AvgIpc) is 2.60.